The molecule has 0 saturated heterocycles. The minimum absolute atomic E-state index is 0.209. The Labute approximate surface area is 92.6 Å². The Hall–Kier alpha value is -1.29. The van der Waals surface area contributed by atoms with Crippen molar-refractivity contribution in [3.63, 3.8) is 0 Å². The zero-order chi connectivity index (χ0) is 11.1. The molecule has 0 aliphatic heterocycles. The van der Waals surface area contributed by atoms with E-state index in [-0.39, 0.29) is 11.6 Å². The highest BCUT2D eigenvalue weighted by atomic mass is 35.5. The maximum absolute atomic E-state index is 13.1. The van der Waals surface area contributed by atoms with Gasteiger partial charge in [0.25, 0.3) is 0 Å². The molecule has 0 fully saturated rings. The summed E-state index contributed by atoms with van der Waals surface area (Å²) in [5.41, 5.74) is 5.14. The Morgan fingerprint density at radius 2 is 2.13 bits per heavy atom. The van der Waals surface area contributed by atoms with Gasteiger partial charge >= 0.3 is 0 Å². The lowest BCUT2D eigenvalue weighted by molar-refractivity contribution is -0.120. The summed E-state index contributed by atoms with van der Waals surface area (Å²) in [5.74, 6) is -0.179. The number of nitrogens with one attached hydrogen (secondary N) is 2. The number of hydrazine groups is 1. The van der Waals surface area contributed by atoms with Crippen LogP contribution in [0.25, 0.3) is 0 Å². The molecule has 15 heavy (non-hydrogen) atoms. The summed E-state index contributed by atoms with van der Waals surface area (Å²) >= 11 is 5.43. The second-order valence-corrected chi connectivity index (χ2v) is 3.32. The lowest BCUT2D eigenvalue weighted by atomic mass is 10.3. The highest BCUT2D eigenvalue weighted by molar-refractivity contribution is 6.17. The Bertz CT molecular complexity index is 333. The van der Waals surface area contributed by atoms with Gasteiger partial charge in [-0.3, -0.25) is 15.6 Å². The molecule has 0 bridgehead atoms. The monoisotopic (exact) mass is 230 g/mol. The standard InChI is InChI=1S/C10H12ClFN2O/c11-7-3-6-10(15)14-13-9-5-2-1-4-8(9)12/h1-2,4-5,13H,3,6-7H2,(H,14,15). The average Bonchev–Trinajstić information content (AvgIpc) is 2.25. The summed E-state index contributed by atoms with van der Waals surface area (Å²) in [7, 11) is 0. The van der Waals surface area contributed by atoms with Crippen LogP contribution in [0.1, 0.15) is 12.8 Å². The van der Waals surface area contributed by atoms with Crippen LogP contribution >= 0.6 is 11.6 Å². The molecule has 5 heteroatoms. The van der Waals surface area contributed by atoms with Crippen molar-refractivity contribution in [2.45, 2.75) is 12.8 Å². The van der Waals surface area contributed by atoms with Gasteiger partial charge in [-0.2, -0.15) is 0 Å². The number of benzene rings is 1. The largest absolute Gasteiger partial charge is 0.296 e. The number of hydrogen-bond donors (Lipinski definition) is 2. The second kappa shape index (κ2) is 6.24. The van der Waals surface area contributed by atoms with Crippen molar-refractivity contribution in [2.75, 3.05) is 11.3 Å². The van der Waals surface area contributed by atoms with Gasteiger partial charge in [0.2, 0.25) is 5.91 Å². The van der Waals surface area contributed by atoms with Crippen molar-refractivity contribution in [3.8, 4) is 0 Å². The third-order valence-corrected chi connectivity index (χ3v) is 2.02. The number of carbonyl (C=O) groups is 1. The molecule has 0 aromatic heterocycles. The van der Waals surface area contributed by atoms with E-state index in [1.165, 1.54) is 12.1 Å². The van der Waals surface area contributed by atoms with Gasteiger partial charge in [-0.05, 0) is 18.6 Å². The van der Waals surface area contributed by atoms with Gasteiger partial charge in [0.1, 0.15) is 5.82 Å². The molecule has 82 valence electrons. The number of halogens is 2. The first-order chi connectivity index (χ1) is 7.24. The summed E-state index contributed by atoms with van der Waals surface area (Å²) in [4.78, 5) is 11.1. The predicted molar refractivity (Wildman–Crippen MR) is 58.1 cm³/mol. The first kappa shape index (κ1) is 11.8. The minimum Gasteiger partial charge on any atom is -0.296 e. The summed E-state index contributed by atoms with van der Waals surface area (Å²) in [6, 6.07) is 6.11. The number of para-hydroxylation sites is 1. The van der Waals surface area contributed by atoms with E-state index < -0.39 is 5.82 Å². The van der Waals surface area contributed by atoms with Gasteiger partial charge in [0, 0.05) is 12.3 Å². The molecule has 1 aromatic carbocycles. The van der Waals surface area contributed by atoms with Crippen LogP contribution in [0.3, 0.4) is 0 Å². The van der Waals surface area contributed by atoms with E-state index in [1.54, 1.807) is 12.1 Å². The molecule has 0 unspecified atom stereocenters. The Morgan fingerprint density at radius 3 is 2.80 bits per heavy atom. The highest BCUT2D eigenvalue weighted by Gasteiger charge is 2.02. The van der Waals surface area contributed by atoms with Crippen LogP contribution in [-0.4, -0.2) is 11.8 Å². The lowest BCUT2D eigenvalue weighted by Gasteiger charge is -2.08. The SMILES string of the molecule is O=C(CCCCl)NNc1ccccc1F. The number of anilines is 1. The zero-order valence-electron chi connectivity index (χ0n) is 8.09. The fraction of sp³-hybridized carbons (Fsp3) is 0.300. The number of carbonyl (C=O) groups excluding carboxylic acids is 1. The van der Waals surface area contributed by atoms with Crippen LogP contribution < -0.4 is 10.9 Å². The minimum atomic E-state index is -0.407. The molecular weight excluding hydrogens is 219 g/mol. The summed E-state index contributed by atoms with van der Waals surface area (Å²) < 4.78 is 13.1. The molecule has 0 heterocycles. The van der Waals surface area contributed by atoms with Gasteiger partial charge in [-0.25, -0.2) is 4.39 Å². The van der Waals surface area contributed by atoms with E-state index in [0.29, 0.717) is 18.7 Å². The fourth-order valence-corrected chi connectivity index (χ4v) is 1.12. The maximum atomic E-state index is 13.1. The van der Waals surface area contributed by atoms with E-state index >= 15 is 0 Å². The molecular formula is C10H12ClFN2O. The number of rotatable bonds is 5. The number of hydrogen-bond acceptors (Lipinski definition) is 2. The Kier molecular flexibility index (Phi) is 4.90. The third kappa shape index (κ3) is 4.16. The molecule has 0 atom stereocenters. The van der Waals surface area contributed by atoms with Crippen LogP contribution in [0, 0.1) is 5.82 Å². The smallest absolute Gasteiger partial charge is 0.238 e. The molecule has 2 N–H and O–H groups in total. The van der Waals surface area contributed by atoms with Crippen LogP contribution in [0.4, 0.5) is 10.1 Å². The van der Waals surface area contributed by atoms with E-state index in [0.717, 1.165) is 0 Å². The first-order valence-corrected chi connectivity index (χ1v) is 5.13. The van der Waals surface area contributed by atoms with Gasteiger partial charge in [0.05, 0.1) is 5.69 Å². The molecule has 0 saturated carbocycles. The molecule has 0 radical (unpaired) electrons. The Morgan fingerprint density at radius 1 is 1.40 bits per heavy atom. The molecule has 0 aliphatic rings. The molecule has 0 aliphatic carbocycles. The van der Waals surface area contributed by atoms with Crippen molar-refractivity contribution in [1.29, 1.82) is 0 Å². The third-order valence-electron chi connectivity index (χ3n) is 1.75. The first-order valence-electron chi connectivity index (χ1n) is 4.59. The van der Waals surface area contributed by atoms with Gasteiger partial charge < -0.3 is 0 Å². The molecule has 1 amide bonds. The zero-order valence-corrected chi connectivity index (χ0v) is 8.85. The molecule has 1 rings (SSSR count). The summed E-state index contributed by atoms with van der Waals surface area (Å²) in [5, 5.41) is 0. The molecule has 3 nitrogen and oxygen atoms in total. The molecule has 1 aromatic rings. The van der Waals surface area contributed by atoms with Crippen molar-refractivity contribution in [2.24, 2.45) is 0 Å². The van der Waals surface area contributed by atoms with Crippen LogP contribution in [-0.2, 0) is 4.79 Å². The van der Waals surface area contributed by atoms with Crippen molar-refractivity contribution < 1.29 is 9.18 Å². The Balaban J connectivity index is 2.37. The van der Waals surface area contributed by atoms with Crippen molar-refractivity contribution in [1.82, 2.24) is 5.43 Å². The van der Waals surface area contributed by atoms with Gasteiger partial charge in [-0.1, -0.05) is 12.1 Å². The number of alkyl halides is 1. The van der Waals surface area contributed by atoms with Crippen molar-refractivity contribution >= 4 is 23.2 Å². The van der Waals surface area contributed by atoms with Crippen LogP contribution in [0.5, 0.6) is 0 Å². The van der Waals surface area contributed by atoms with Gasteiger partial charge in [0.15, 0.2) is 0 Å². The quantitative estimate of drug-likeness (QED) is 0.602. The van der Waals surface area contributed by atoms with Crippen LogP contribution in [0.2, 0.25) is 0 Å². The topological polar surface area (TPSA) is 41.1 Å². The van der Waals surface area contributed by atoms with E-state index in [9.17, 15) is 9.18 Å². The summed E-state index contributed by atoms with van der Waals surface area (Å²) in [6.45, 7) is 0. The van der Waals surface area contributed by atoms with E-state index in [1.807, 2.05) is 0 Å². The van der Waals surface area contributed by atoms with Gasteiger partial charge in [-0.15, -0.1) is 11.6 Å². The molecule has 0 spiro atoms. The van der Waals surface area contributed by atoms with Crippen molar-refractivity contribution in [3.05, 3.63) is 30.1 Å². The van der Waals surface area contributed by atoms with E-state index in [4.69, 9.17) is 11.6 Å². The normalized spacial score (nSPS) is 9.73. The number of amides is 1. The van der Waals surface area contributed by atoms with Crippen LogP contribution in [0.15, 0.2) is 24.3 Å². The van der Waals surface area contributed by atoms with E-state index in [2.05, 4.69) is 10.9 Å². The fourth-order valence-electron chi connectivity index (χ4n) is 0.989. The average molecular weight is 231 g/mol. The maximum Gasteiger partial charge on any atom is 0.238 e. The highest BCUT2D eigenvalue weighted by Crippen LogP contribution is 2.10. The summed E-state index contributed by atoms with van der Waals surface area (Å²) in [6.07, 6.45) is 0.928. The second-order valence-electron chi connectivity index (χ2n) is 2.95. The predicted octanol–water partition coefficient (Wildman–Crippen LogP) is 2.29. The lowest BCUT2D eigenvalue weighted by Crippen LogP contribution is -2.29.